The minimum atomic E-state index is -0.162. The van der Waals surface area contributed by atoms with Crippen LogP contribution in [0.5, 0.6) is 0 Å². The third kappa shape index (κ3) is 2.24. The van der Waals surface area contributed by atoms with Crippen LogP contribution in [0.2, 0.25) is 0 Å². The Bertz CT molecular complexity index is 401. The van der Waals surface area contributed by atoms with Gasteiger partial charge in [0.25, 0.3) is 0 Å². The Morgan fingerprint density at radius 3 is 3.06 bits per heavy atom. The molecule has 0 amide bonds. The van der Waals surface area contributed by atoms with E-state index < -0.39 is 0 Å². The molecule has 1 saturated heterocycles. The van der Waals surface area contributed by atoms with Gasteiger partial charge in [0.1, 0.15) is 5.82 Å². The van der Waals surface area contributed by atoms with Crippen LogP contribution in [0.4, 0.5) is 0 Å². The number of nitrogens with zero attached hydrogens (tertiary/aromatic N) is 3. The molecule has 0 bridgehead atoms. The molecule has 0 spiro atoms. The predicted octanol–water partition coefficient (Wildman–Crippen LogP) is 0.684. The van der Waals surface area contributed by atoms with Crippen LogP contribution in [0.25, 0.3) is 0 Å². The van der Waals surface area contributed by atoms with Crippen molar-refractivity contribution >= 4 is 0 Å². The lowest BCUT2D eigenvalue weighted by Crippen LogP contribution is -2.24. The first kappa shape index (κ1) is 11.2. The lowest BCUT2D eigenvalue weighted by molar-refractivity contribution is 0.142. The first-order valence-corrected chi connectivity index (χ1v) is 6.62. The van der Waals surface area contributed by atoms with Gasteiger partial charge >= 0.3 is 0 Å². The number of hydrogen-bond donors (Lipinski definition) is 1. The smallest absolute Gasteiger partial charge is 0.109 e. The summed E-state index contributed by atoms with van der Waals surface area (Å²) in [5.74, 6) is 1.99. The highest BCUT2D eigenvalue weighted by Crippen LogP contribution is 2.22. The van der Waals surface area contributed by atoms with Crippen molar-refractivity contribution in [3.63, 3.8) is 0 Å². The normalized spacial score (nSPS) is 29.5. The summed E-state index contributed by atoms with van der Waals surface area (Å²) >= 11 is 0. The molecule has 2 unspecified atom stereocenters. The van der Waals surface area contributed by atoms with Crippen LogP contribution < -0.4 is 0 Å². The van der Waals surface area contributed by atoms with E-state index in [-0.39, 0.29) is 6.10 Å². The lowest BCUT2D eigenvalue weighted by atomic mass is 10.0. The Morgan fingerprint density at radius 2 is 2.29 bits per heavy atom. The van der Waals surface area contributed by atoms with Gasteiger partial charge in [-0.15, -0.1) is 0 Å². The van der Waals surface area contributed by atoms with Crippen LogP contribution in [-0.2, 0) is 19.4 Å². The van der Waals surface area contributed by atoms with Gasteiger partial charge in [-0.1, -0.05) is 0 Å². The van der Waals surface area contributed by atoms with Gasteiger partial charge in [0, 0.05) is 37.8 Å². The molecule has 1 N–H and O–H groups in total. The maximum Gasteiger partial charge on any atom is 0.109 e. The zero-order valence-corrected chi connectivity index (χ0v) is 10.5. The molecule has 2 aliphatic rings. The van der Waals surface area contributed by atoms with Gasteiger partial charge in [-0.05, 0) is 32.4 Å². The fraction of sp³-hybridized carbons (Fsp3) is 0.769. The fourth-order valence-corrected chi connectivity index (χ4v) is 3.13. The maximum absolute atomic E-state index is 9.64. The average molecular weight is 235 g/mol. The molecule has 0 radical (unpaired) electrons. The molecule has 4 nitrogen and oxygen atoms in total. The average Bonchev–Trinajstić information content (AvgIpc) is 2.86. The van der Waals surface area contributed by atoms with Gasteiger partial charge in [-0.2, -0.15) is 0 Å². The molecule has 4 heteroatoms. The molecule has 94 valence electrons. The highest BCUT2D eigenvalue weighted by molar-refractivity contribution is 5.10. The first-order chi connectivity index (χ1) is 8.22. The Balaban J connectivity index is 1.72. The minimum absolute atomic E-state index is 0.162. The summed E-state index contributed by atoms with van der Waals surface area (Å²) in [6.45, 7) is 3.36. The minimum Gasteiger partial charge on any atom is -0.393 e. The van der Waals surface area contributed by atoms with Crippen LogP contribution in [0.1, 0.15) is 24.4 Å². The highest BCUT2D eigenvalue weighted by Gasteiger charge is 2.24. The maximum atomic E-state index is 9.64. The third-order valence-electron chi connectivity index (χ3n) is 4.11. The van der Waals surface area contributed by atoms with E-state index >= 15 is 0 Å². The van der Waals surface area contributed by atoms with Crippen molar-refractivity contribution in [2.24, 2.45) is 5.92 Å². The molecule has 1 aromatic heterocycles. The summed E-state index contributed by atoms with van der Waals surface area (Å²) in [5.41, 5.74) is 1.21. The number of likely N-dealkylation sites (tertiary alicyclic amines) is 1. The fourth-order valence-electron chi connectivity index (χ4n) is 3.13. The quantitative estimate of drug-likeness (QED) is 0.820. The van der Waals surface area contributed by atoms with E-state index in [1.165, 1.54) is 31.0 Å². The van der Waals surface area contributed by atoms with Gasteiger partial charge in [0.2, 0.25) is 0 Å². The number of fused-ring (bicyclic) bond motifs is 1. The summed E-state index contributed by atoms with van der Waals surface area (Å²) < 4.78 is 2.32. The Morgan fingerprint density at radius 1 is 1.41 bits per heavy atom. The van der Waals surface area contributed by atoms with E-state index in [2.05, 4.69) is 21.5 Å². The number of aliphatic hydroxyl groups excluding tert-OH is 1. The summed E-state index contributed by atoms with van der Waals surface area (Å²) in [5, 5.41) is 9.64. The number of rotatable bonds is 2. The second-order valence-corrected chi connectivity index (χ2v) is 5.59. The summed E-state index contributed by atoms with van der Waals surface area (Å²) in [4.78, 5) is 6.95. The summed E-state index contributed by atoms with van der Waals surface area (Å²) in [6, 6.07) is 0. The van der Waals surface area contributed by atoms with Gasteiger partial charge in [0.05, 0.1) is 6.10 Å². The molecule has 0 saturated carbocycles. The molecule has 0 aromatic carbocycles. The van der Waals surface area contributed by atoms with Crippen molar-refractivity contribution < 1.29 is 5.11 Å². The van der Waals surface area contributed by atoms with Crippen molar-refractivity contribution in [1.82, 2.24) is 14.5 Å². The molecule has 0 aliphatic carbocycles. The Labute approximate surface area is 102 Å². The summed E-state index contributed by atoms with van der Waals surface area (Å²) in [7, 11) is 2.19. The van der Waals surface area contributed by atoms with Crippen molar-refractivity contribution in [3.05, 3.63) is 17.7 Å². The van der Waals surface area contributed by atoms with Crippen LogP contribution >= 0.6 is 0 Å². The van der Waals surface area contributed by atoms with Crippen molar-refractivity contribution in [2.45, 2.75) is 38.3 Å². The van der Waals surface area contributed by atoms with E-state index in [1.54, 1.807) is 0 Å². The SMILES string of the molecule is CN1CCC(Cc2ncc3n2CCC(O)C3)C1. The molecule has 17 heavy (non-hydrogen) atoms. The number of imidazole rings is 1. The molecular weight excluding hydrogens is 214 g/mol. The highest BCUT2D eigenvalue weighted by atomic mass is 16.3. The monoisotopic (exact) mass is 235 g/mol. The van der Waals surface area contributed by atoms with E-state index in [4.69, 9.17) is 0 Å². The van der Waals surface area contributed by atoms with Crippen LogP contribution in [-0.4, -0.2) is 45.8 Å². The topological polar surface area (TPSA) is 41.3 Å². The molecule has 1 fully saturated rings. The van der Waals surface area contributed by atoms with Crippen molar-refractivity contribution in [1.29, 1.82) is 0 Å². The summed E-state index contributed by atoms with van der Waals surface area (Å²) in [6.07, 6.45) is 5.83. The van der Waals surface area contributed by atoms with E-state index in [0.29, 0.717) is 0 Å². The number of aromatic nitrogens is 2. The van der Waals surface area contributed by atoms with Crippen LogP contribution in [0, 0.1) is 5.92 Å². The molecule has 2 atom stereocenters. The van der Waals surface area contributed by atoms with E-state index in [9.17, 15) is 5.11 Å². The van der Waals surface area contributed by atoms with Crippen molar-refractivity contribution in [2.75, 3.05) is 20.1 Å². The van der Waals surface area contributed by atoms with Gasteiger partial charge in [-0.25, -0.2) is 4.98 Å². The van der Waals surface area contributed by atoms with Crippen LogP contribution in [0.15, 0.2) is 6.20 Å². The van der Waals surface area contributed by atoms with Gasteiger partial charge in [0.15, 0.2) is 0 Å². The third-order valence-corrected chi connectivity index (χ3v) is 4.11. The molecule has 2 aliphatic heterocycles. The number of aliphatic hydroxyl groups is 1. The second-order valence-electron chi connectivity index (χ2n) is 5.59. The van der Waals surface area contributed by atoms with Crippen molar-refractivity contribution in [3.8, 4) is 0 Å². The molecular formula is C13H21N3O. The largest absolute Gasteiger partial charge is 0.393 e. The predicted molar refractivity (Wildman–Crippen MR) is 65.9 cm³/mol. The van der Waals surface area contributed by atoms with Gasteiger partial charge < -0.3 is 14.6 Å². The Kier molecular flexibility index (Phi) is 2.92. The standard InChI is InChI=1S/C13H21N3O/c1-15-4-2-10(9-15)6-13-14-8-11-7-12(17)3-5-16(11)13/h8,10,12,17H,2-7,9H2,1H3. The Hall–Kier alpha value is -0.870. The van der Waals surface area contributed by atoms with Gasteiger partial charge in [-0.3, -0.25) is 0 Å². The lowest BCUT2D eigenvalue weighted by Gasteiger charge is -2.21. The van der Waals surface area contributed by atoms with Crippen LogP contribution in [0.3, 0.4) is 0 Å². The zero-order valence-electron chi connectivity index (χ0n) is 10.5. The molecule has 1 aromatic rings. The second kappa shape index (κ2) is 4.42. The molecule has 3 rings (SSSR count). The number of hydrogen-bond acceptors (Lipinski definition) is 3. The first-order valence-electron chi connectivity index (χ1n) is 6.62. The zero-order chi connectivity index (χ0) is 11.8. The molecule has 3 heterocycles. The van der Waals surface area contributed by atoms with E-state index in [0.717, 1.165) is 31.7 Å². The van der Waals surface area contributed by atoms with E-state index in [1.807, 2.05) is 6.20 Å².